The second kappa shape index (κ2) is 2.85. The predicted molar refractivity (Wildman–Crippen MR) is 49.4 cm³/mol. The maximum atomic E-state index is 5.69. The number of hydrogen-bond acceptors (Lipinski definition) is 2. The molecular formula is C7H12BrN3. The summed E-state index contributed by atoms with van der Waals surface area (Å²) >= 11 is 3.28. The fourth-order valence-electron chi connectivity index (χ4n) is 1.01. The van der Waals surface area contributed by atoms with Crippen LogP contribution in [-0.4, -0.2) is 9.55 Å². The molecule has 11 heavy (non-hydrogen) atoms. The maximum Gasteiger partial charge on any atom is 0.148 e. The van der Waals surface area contributed by atoms with Gasteiger partial charge in [-0.15, -0.1) is 0 Å². The van der Waals surface area contributed by atoms with Crippen molar-refractivity contribution in [1.82, 2.24) is 9.55 Å². The van der Waals surface area contributed by atoms with Crippen molar-refractivity contribution in [3.8, 4) is 0 Å². The quantitative estimate of drug-likeness (QED) is 0.782. The van der Waals surface area contributed by atoms with E-state index >= 15 is 0 Å². The molecule has 0 amide bonds. The SMILES string of the molecule is CC(C)c1nc(Br)c(N)n1C. The third-order valence-corrected chi connectivity index (χ3v) is 2.23. The molecule has 0 aliphatic heterocycles. The van der Waals surface area contributed by atoms with Gasteiger partial charge in [-0.3, -0.25) is 0 Å². The van der Waals surface area contributed by atoms with Crippen molar-refractivity contribution < 1.29 is 0 Å². The Labute approximate surface area is 74.7 Å². The largest absolute Gasteiger partial charge is 0.383 e. The summed E-state index contributed by atoms with van der Waals surface area (Å²) in [5.41, 5.74) is 5.69. The van der Waals surface area contributed by atoms with Gasteiger partial charge in [0.15, 0.2) is 0 Å². The van der Waals surface area contributed by atoms with Gasteiger partial charge in [0.05, 0.1) is 0 Å². The Balaban J connectivity index is 3.19. The molecule has 0 unspecified atom stereocenters. The first kappa shape index (κ1) is 8.59. The van der Waals surface area contributed by atoms with E-state index < -0.39 is 0 Å². The number of nitrogen functional groups attached to an aromatic ring is 1. The first-order valence-corrected chi connectivity index (χ1v) is 4.31. The number of imidazole rings is 1. The van der Waals surface area contributed by atoms with Crippen molar-refractivity contribution in [3.63, 3.8) is 0 Å². The Morgan fingerprint density at radius 2 is 2.09 bits per heavy atom. The minimum Gasteiger partial charge on any atom is -0.383 e. The molecule has 62 valence electrons. The summed E-state index contributed by atoms with van der Waals surface area (Å²) in [5, 5.41) is 0. The number of nitrogens with two attached hydrogens (primary N) is 1. The molecular weight excluding hydrogens is 206 g/mol. The van der Waals surface area contributed by atoms with E-state index in [2.05, 4.69) is 34.8 Å². The summed E-state index contributed by atoms with van der Waals surface area (Å²) in [6, 6.07) is 0. The van der Waals surface area contributed by atoms with Crippen LogP contribution < -0.4 is 5.73 Å². The fourth-order valence-corrected chi connectivity index (χ4v) is 1.46. The Kier molecular flexibility index (Phi) is 2.23. The average molecular weight is 218 g/mol. The lowest BCUT2D eigenvalue weighted by Gasteiger charge is -2.04. The Bertz CT molecular complexity index is 265. The maximum absolute atomic E-state index is 5.69. The van der Waals surface area contributed by atoms with E-state index in [1.165, 1.54) is 0 Å². The Morgan fingerprint density at radius 1 is 1.55 bits per heavy atom. The summed E-state index contributed by atoms with van der Waals surface area (Å²) < 4.78 is 2.64. The molecule has 0 fully saturated rings. The number of rotatable bonds is 1. The van der Waals surface area contributed by atoms with E-state index in [0.29, 0.717) is 11.7 Å². The molecule has 4 heteroatoms. The van der Waals surface area contributed by atoms with Gasteiger partial charge in [0.25, 0.3) is 0 Å². The molecule has 3 nitrogen and oxygen atoms in total. The third kappa shape index (κ3) is 1.40. The second-order valence-electron chi connectivity index (χ2n) is 2.86. The number of aromatic nitrogens is 2. The van der Waals surface area contributed by atoms with E-state index in [-0.39, 0.29) is 0 Å². The minimum absolute atomic E-state index is 0.411. The summed E-state index contributed by atoms with van der Waals surface area (Å²) in [6.07, 6.45) is 0. The lowest BCUT2D eigenvalue weighted by atomic mass is 10.2. The van der Waals surface area contributed by atoms with Crippen LogP contribution in [0.5, 0.6) is 0 Å². The van der Waals surface area contributed by atoms with Gasteiger partial charge < -0.3 is 10.3 Å². The molecule has 0 saturated carbocycles. The van der Waals surface area contributed by atoms with Crippen LogP contribution in [0.4, 0.5) is 5.82 Å². The normalized spacial score (nSPS) is 11.0. The number of hydrogen-bond donors (Lipinski definition) is 1. The molecule has 0 aliphatic rings. The highest BCUT2D eigenvalue weighted by atomic mass is 79.9. The molecule has 1 heterocycles. The van der Waals surface area contributed by atoms with Crippen molar-refractivity contribution >= 4 is 21.7 Å². The van der Waals surface area contributed by atoms with Crippen molar-refractivity contribution in [1.29, 1.82) is 0 Å². The highest BCUT2D eigenvalue weighted by Gasteiger charge is 2.11. The zero-order valence-electron chi connectivity index (χ0n) is 6.93. The van der Waals surface area contributed by atoms with E-state index in [1.807, 2.05) is 11.6 Å². The van der Waals surface area contributed by atoms with Crippen LogP contribution in [0.2, 0.25) is 0 Å². The first-order chi connectivity index (χ1) is 5.04. The van der Waals surface area contributed by atoms with Crippen molar-refractivity contribution in [3.05, 3.63) is 10.4 Å². The second-order valence-corrected chi connectivity index (χ2v) is 3.61. The van der Waals surface area contributed by atoms with Crippen LogP contribution in [0.25, 0.3) is 0 Å². The third-order valence-electron chi connectivity index (χ3n) is 1.65. The van der Waals surface area contributed by atoms with Crippen molar-refractivity contribution in [2.24, 2.45) is 7.05 Å². The molecule has 0 saturated heterocycles. The topological polar surface area (TPSA) is 43.8 Å². The van der Waals surface area contributed by atoms with Crippen molar-refractivity contribution in [2.45, 2.75) is 19.8 Å². The van der Waals surface area contributed by atoms with E-state index in [1.54, 1.807) is 0 Å². The monoisotopic (exact) mass is 217 g/mol. The lowest BCUT2D eigenvalue weighted by Crippen LogP contribution is -2.02. The predicted octanol–water partition coefficient (Wildman–Crippen LogP) is 1.89. The Hall–Kier alpha value is -0.510. The molecule has 0 spiro atoms. The van der Waals surface area contributed by atoms with Gasteiger partial charge in [0, 0.05) is 13.0 Å². The Morgan fingerprint density at radius 3 is 2.27 bits per heavy atom. The van der Waals surface area contributed by atoms with E-state index in [4.69, 9.17) is 5.73 Å². The van der Waals surface area contributed by atoms with Gasteiger partial charge in [-0.1, -0.05) is 13.8 Å². The molecule has 2 N–H and O–H groups in total. The van der Waals surface area contributed by atoms with Gasteiger partial charge >= 0.3 is 0 Å². The van der Waals surface area contributed by atoms with Gasteiger partial charge in [-0.25, -0.2) is 4.98 Å². The summed E-state index contributed by atoms with van der Waals surface area (Å²) in [5.74, 6) is 2.11. The first-order valence-electron chi connectivity index (χ1n) is 3.51. The summed E-state index contributed by atoms with van der Waals surface area (Å²) in [4.78, 5) is 4.26. The summed E-state index contributed by atoms with van der Waals surface area (Å²) in [6.45, 7) is 4.18. The van der Waals surface area contributed by atoms with Crippen LogP contribution in [0.1, 0.15) is 25.6 Å². The molecule has 0 radical (unpaired) electrons. The van der Waals surface area contributed by atoms with Gasteiger partial charge in [0.2, 0.25) is 0 Å². The molecule has 0 bridgehead atoms. The zero-order valence-corrected chi connectivity index (χ0v) is 8.51. The molecule has 0 atom stereocenters. The molecule has 0 aliphatic carbocycles. The van der Waals surface area contributed by atoms with Gasteiger partial charge in [-0.2, -0.15) is 0 Å². The molecule has 0 aromatic carbocycles. The molecule has 1 rings (SSSR count). The van der Waals surface area contributed by atoms with Crippen LogP contribution in [0.15, 0.2) is 4.60 Å². The smallest absolute Gasteiger partial charge is 0.148 e. The zero-order chi connectivity index (χ0) is 8.59. The van der Waals surface area contributed by atoms with Crippen molar-refractivity contribution in [2.75, 3.05) is 5.73 Å². The standard InChI is InChI=1S/C7H12BrN3/c1-4(2)7-10-5(8)6(9)11(7)3/h4H,9H2,1-3H3. The van der Waals surface area contributed by atoms with E-state index in [0.717, 1.165) is 10.4 Å². The van der Waals surface area contributed by atoms with Gasteiger partial charge in [-0.05, 0) is 15.9 Å². The number of halogens is 1. The number of nitrogens with zero attached hydrogens (tertiary/aromatic N) is 2. The van der Waals surface area contributed by atoms with Gasteiger partial charge in [0.1, 0.15) is 16.2 Å². The highest BCUT2D eigenvalue weighted by molar-refractivity contribution is 9.10. The average Bonchev–Trinajstić information content (AvgIpc) is 2.17. The molecule has 1 aromatic rings. The fraction of sp³-hybridized carbons (Fsp3) is 0.571. The number of anilines is 1. The highest BCUT2D eigenvalue weighted by Crippen LogP contribution is 2.23. The van der Waals surface area contributed by atoms with E-state index in [9.17, 15) is 0 Å². The van der Waals surface area contributed by atoms with Crippen LogP contribution in [0.3, 0.4) is 0 Å². The van der Waals surface area contributed by atoms with Crippen LogP contribution in [-0.2, 0) is 7.05 Å². The van der Waals surface area contributed by atoms with Crippen LogP contribution in [0, 0.1) is 0 Å². The molecule has 1 aromatic heterocycles. The summed E-state index contributed by atoms with van der Waals surface area (Å²) in [7, 11) is 1.92. The minimum atomic E-state index is 0.411. The lowest BCUT2D eigenvalue weighted by molar-refractivity contribution is 0.715. The van der Waals surface area contributed by atoms with Crippen LogP contribution >= 0.6 is 15.9 Å².